The molecule has 102 valence electrons. The van der Waals surface area contributed by atoms with Crippen molar-refractivity contribution in [1.29, 1.82) is 0 Å². The third kappa shape index (κ3) is 2.96. The van der Waals surface area contributed by atoms with Gasteiger partial charge >= 0.3 is 0 Å². The van der Waals surface area contributed by atoms with E-state index in [2.05, 4.69) is 24.0 Å². The summed E-state index contributed by atoms with van der Waals surface area (Å²) in [6.07, 6.45) is 2.81. The fourth-order valence-electron chi connectivity index (χ4n) is 2.17. The van der Waals surface area contributed by atoms with Gasteiger partial charge in [-0.25, -0.2) is 0 Å². The number of aromatic hydroxyl groups is 1. The van der Waals surface area contributed by atoms with Crippen LogP contribution >= 0.6 is 0 Å². The van der Waals surface area contributed by atoms with Gasteiger partial charge in [-0.2, -0.15) is 0 Å². The van der Waals surface area contributed by atoms with E-state index in [0.29, 0.717) is 0 Å². The molecular formula is C15H21N3O. The molecule has 19 heavy (non-hydrogen) atoms. The number of aryl methyl sites for hydroxylation is 1. The summed E-state index contributed by atoms with van der Waals surface area (Å²) in [5, 5.41) is 11.2. The topological polar surface area (TPSA) is 40.8 Å². The maximum absolute atomic E-state index is 10.1. The van der Waals surface area contributed by atoms with Crippen LogP contribution in [-0.4, -0.2) is 48.0 Å². The van der Waals surface area contributed by atoms with Crippen molar-refractivity contribution in [2.45, 2.75) is 6.42 Å². The molecule has 0 fully saturated rings. The van der Waals surface area contributed by atoms with Crippen molar-refractivity contribution >= 4 is 17.1 Å². The van der Waals surface area contributed by atoms with Gasteiger partial charge in [-0.1, -0.05) is 18.2 Å². The molecule has 1 aromatic heterocycles. The van der Waals surface area contributed by atoms with Crippen molar-refractivity contribution in [3.63, 3.8) is 0 Å². The van der Waals surface area contributed by atoms with Gasteiger partial charge in [0.1, 0.15) is 0 Å². The van der Waals surface area contributed by atoms with Crippen LogP contribution in [-0.2, 0) is 7.05 Å². The normalized spacial score (nSPS) is 12.0. The third-order valence-corrected chi connectivity index (χ3v) is 3.23. The number of nitrogens with zero attached hydrogens (tertiary/aromatic N) is 3. The van der Waals surface area contributed by atoms with Crippen LogP contribution in [0.4, 0.5) is 0 Å². The molecule has 0 unspecified atom stereocenters. The highest BCUT2D eigenvalue weighted by molar-refractivity contribution is 6.02. The fraction of sp³-hybridized carbons (Fsp3) is 0.400. The van der Waals surface area contributed by atoms with Crippen LogP contribution in [0.5, 0.6) is 5.88 Å². The number of aromatic nitrogens is 1. The SMILES string of the molecule is CN(C)CCCN=Cc1c(O)n(C)c2ccccc12. The van der Waals surface area contributed by atoms with Gasteiger partial charge in [-0.3, -0.25) is 4.99 Å². The lowest BCUT2D eigenvalue weighted by atomic mass is 10.2. The monoisotopic (exact) mass is 259 g/mol. The van der Waals surface area contributed by atoms with Crippen molar-refractivity contribution in [1.82, 2.24) is 9.47 Å². The van der Waals surface area contributed by atoms with E-state index in [-0.39, 0.29) is 5.88 Å². The van der Waals surface area contributed by atoms with Gasteiger partial charge in [0, 0.05) is 25.2 Å². The number of hydrogen-bond acceptors (Lipinski definition) is 3. The van der Waals surface area contributed by atoms with Gasteiger partial charge in [0.2, 0.25) is 5.88 Å². The summed E-state index contributed by atoms with van der Waals surface area (Å²) >= 11 is 0. The van der Waals surface area contributed by atoms with E-state index >= 15 is 0 Å². The lowest BCUT2D eigenvalue weighted by molar-refractivity contribution is 0.403. The van der Waals surface area contributed by atoms with E-state index in [1.54, 1.807) is 10.8 Å². The summed E-state index contributed by atoms with van der Waals surface area (Å²) in [7, 11) is 5.97. The smallest absolute Gasteiger partial charge is 0.200 e. The summed E-state index contributed by atoms with van der Waals surface area (Å²) in [5.41, 5.74) is 1.83. The predicted molar refractivity (Wildman–Crippen MR) is 80.2 cm³/mol. The van der Waals surface area contributed by atoms with Crippen LogP contribution in [0.2, 0.25) is 0 Å². The standard InChI is InChI=1S/C15H21N3O/c1-17(2)10-6-9-16-11-13-12-7-4-5-8-14(12)18(3)15(13)19/h4-5,7-8,11,19H,6,9-10H2,1-3H3. The van der Waals surface area contributed by atoms with Crippen LogP contribution in [0.15, 0.2) is 29.3 Å². The first-order valence-corrected chi connectivity index (χ1v) is 6.52. The first-order valence-electron chi connectivity index (χ1n) is 6.52. The molecule has 0 spiro atoms. The van der Waals surface area contributed by atoms with Crippen LogP contribution in [0.25, 0.3) is 10.9 Å². The number of fused-ring (bicyclic) bond motifs is 1. The van der Waals surface area contributed by atoms with Crippen LogP contribution in [0.3, 0.4) is 0 Å². The minimum Gasteiger partial charge on any atom is -0.494 e. The summed E-state index contributed by atoms with van der Waals surface area (Å²) in [6.45, 7) is 1.81. The number of rotatable bonds is 5. The highest BCUT2D eigenvalue weighted by Crippen LogP contribution is 2.28. The van der Waals surface area contributed by atoms with E-state index < -0.39 is 0 Å². The number of para-hydroxylation sites is 1. The lowest BCUT2D eigenvalue weighted by Crippen LogP contribution is -2.13. The first kappa shape index (κ1) is 13.6. The highest BCUT2D eigenvalue weighted by atomic mass is 16.3. The van der Waals surface area contributed by atoms with Gasteiger partial charge in [-0.05, 0) is 33.1 Å². The summed E-state index contributed by atoms with van der Waals surface area (Å²) < 4.78 is 1.79. The Kier molecular flexibility index (Phi) is 4.22. The molecule has 0 radical (unpaired) electrons. The van der Waals surface area contributed by atoms with Crippen molar-refractivity contribution in [2.24, 2.45) is 12.0 Å². The fourth-order valence-corrected chi connectivity index (χ4v) is 2.17. The van der Waals surface area contributed by atoms with Crippen LogP contribution in [0, 0.1) is 0 Å². The zero-order chi connectivity index (χ0) is 13.8. The molecule has 2 rings (SSSR count). The minimum atomic E-state index is 0.276. The molecule has 4 heteroatoms. The molecule has 0 aliphatic heterocycles. The Bertz CT molecular complexity index is 584. The summed E-state index contributed by atoms with van der Waals surface area (Å²) in [5.74, 6) is 0.276. The molecule has 0 bridgehead atoms. The van der Waals surface area contributed by atoms with Gasteiger partial charge in [0.05, 0.1) is 11.1 Å². The molecule has 0 amide bonds. The quantitative estimate of drug-likeness (QED) is 0.661. The van der Waals surface area contributed by atoms with Crippen molar-refractivity contribution in [3.8, 4) is 5.88 Å². The molecule has 0 saturated heterocycles. The van der Waals surface area contributed by atoms with Gasteiger partial charge in [0.25, 0.3) is 0 Å². The maximum atomic E-state index is 10.1. The molecule has 1 N–H and O–H groups in total. The molecule has 0 saturated carbocycles. The average Bonchev–Trinajstić information content (AvgIpc) is 2.63. The highest BCUT2D eigenvalue weighted by Gasteiger charge is 2.11. The molecule has 0 atom stereocenters. The molecule has 4 nitrogen and oxygen atoms in total. The van der Waals surface area contributed by atoms with Crippen molar-refractivity contribution in [2.75, 3.05) is 27.2 Å². The van der Waals surface area contributed by atoms with E-state index in [9.17, 15) is 5.11 Å². The first-order chi connectivity index (χ1) is 9.11. The van der Waals surface area contributed by atoms with E-state index in [1.165, 1.54) is 0 Å². The zero-order valence-corrected chi connectivity index (χ0v) is 11.8. The second kappa shape index (κ2) is 5.89. The molecule has 2 aromatic rings. The molecule has 0 aliphatic rings. The Labute approximate surface area is 114 Å². The molecule has 1 aromatic carbocycles. The number of benzene rings is 1. The van der Waals surface area contributed by atoms with Crippen molar-refractivity contribution < 1.29 is 5.11 Å². The molecule has 0 aliphatic carbocycles. The van der Waals surface area contributed by atoms with Gasteiger partial charge < -0.3 is 14.6 Å². The Morgan fingerprint density at radius 2 is 2.05 bits per heavy atom. The Morgan fingerprint density at radius 3 is 2.79 bits per heavy atom. The van der Waals surface area contributed by atoms with Crippen LogP contribution < -0.4 is 0 Å². The molecule has 1 heterocycles. The van der Waals surface area contributed by atoms with E-state index in [4.69, 9.17) is 0 Å². The second-order valence-electron chi connectivity index (χ2n) is 5.01. The number of hydrogen-bond donors (Lipinski definition) is 1. The van der Waals surface area contributed by atoms with E-state index in [0.717, 1.165) is 36.0 Å². The number of aliphatic imine (C=N–C) groups is 1. The molecular weight excluding hydrogens is 238 g/mol. The maximum Gasteiger partial charge on any atom is 0.200 e. The zero-order valence-electron chi connectivity index (χ0n) is 11.8. The lowest BCUT2D eigenvalue weighted by Gasteiger charge is -2.06. The second-order valence-corrected chi connectivity index (χ2v) is 5.01. The minimum absolute atomic E-state index is 0.276. The van der Waals surface area contributed by atoms with Gasteiger partial charge in [0.15, 0.2) is 0 Å². The van der Waals surface area contributed by atoms with E-state index in [1.807, 2.05) is 31.3 Å². The summed E-state index contributed by atoms with van der Waals surface area (Å²) in [6, 6.07) is 7.96. The average molecular weight is 259 g/mol. The summed E-state index contributed by atoms with van der Waals surface area (Å²) in [4.78, 5) is 6.56. The van der Waals surface area contributed by atoms with Crippen molar-refractivity contribution in [3.05, 3.63) is 29.8 Å². The Balaban J connectivity index is 2.16. The van der Waals surface area contributed by atoms with Crippen LogP contribution in [0.1, 0.15) is 12.0 Å². The largest absolute Gasteiger partial charge is 0.494 e. The predicted octanol–water partition coefficient (Wildman–Crippen LogP) is 2.25. The Hall–Kier alpha value is -1.81. The Morgan fingerprint density at radius 1 is 1.32 bits per heavy atom. The van der Waals surface area contributed by atoms with Gasteiger partial charge in [-0.15, -0.1) is 0 Å². The third-order valence-electron chi connectivity index (χ3n) is 3.23.